The van der Waals surface area contributed by atoms with Gasteiger partial charge in [0.05, 0.1) is 0 Å². The van der Waals surface area contributed by atoms with Crippen LogP contribution < -0.4 is 0 Å². The van der Waals surface area contributed by atoms with Crippen molar-refractivity contribution in [2.75, 3.05) is 6.26 Å². The molecule has 0 aliphatic rings. The van der Waals surface area contributed by atoms with Gasteiger partial charge in [0.2, 0.25) is 0 Å². The van der Waals surface area contributed by atoms with E-state index in [4.69, 9.17) is 4.98 Å². The van der Waals surface area contributed by atoms with E-state index >= 15 is 0 Å². The van der Waals surface area contributed by atoms with Crippen LogP contribution in [0, 0.1) is 0 Å². The summed E-state index contributed by atoms with van der Waals surface area (Å²) in [6.45, 7) is 0. The molecule has 1 aromatic heterocycles. The molecule has 0 saturated carbocycles. The maximum absolute atomic E-state index is 4.89. The molecular weight excluding hydrogens is 389 g/mol. The van der Waals surface area contributed by atoms with E-state index in [2.05, 4.69) is 84.0 Å². The first kappa shape index (κ1) is 16.4. The quantitative estimate of drug-likeness (QED) is 0.311. The Morgan fingerprint density at radius 2 is 1.28 bits per heavy atom. The van der Waals surface area contributed by atoms with Gasteiger partial charge in [-0.05, 0) is 0 Å². The second-order valence-corrected chi connectivity index (χ2v) is 8.39. The van der Waals surface area contributed by atoms with Gasteiger partial charge >= 0.3 is 159 Å². The van der Waals surface area contributed by atoms with Crippen molar-refractivity contribution in [3.63, 3.8) is 0 Å². The Balaban J connectivity index is 1.59. The zero-order valence-corrected chi connectivity index (χ0v) is 16.4. The Bertz CT molecular complexity index is 957. The van der Waals surface area contributed by atoms with Crippen molar-refractivity contribution in [2.24, 2.45) is 0 Å². The number of thioether (sulfide) groups is 1. The number of hydrogen-bond acceptors (Lipinski definition) is 2. The van der Waals surface area contributed by atoms with E-state index in [1.807, 2.05) is 6.07 Å². The topological polar surface area (TPSA) is 12.9 Å². The number of benzene rings is 3. The van der Waals surface area contributed by atoms with Gasteiger partial charge in [0.25, 0.3) is 0 Å². The minimum atomic E-state index is 0.300. The first-order valence-corrected chi connectivity index (χ1v) is 11.2. The van der Waals surface area contributed by atoms with E-state index < -0.39 is 0 Å². The molecule has 122 valence electrons. The summed E-state index contributed by atoms with van der Waals surface area (Å²) in [5, 5.41) is 0. The van der Waals surface area contributed by atoms with Crippen LogP contribution in [0.3, 0.4) is 0 Å². The predicted octanol–water partition coefficient (Wildman–Crippen LogP) is 5.86. The zero-order chi connectivity index (χ0) is 17.1. The van der Waals surface area contributed by atoms with Gasteiger partial charge in [-0.2, -0.15) is 0 Å². The third-order valence-electron chi connectivity index (χ3n) is 4.13. The minimum absolute atomic E-state index is 0.300. The fourth-order valence-corrected chi connectivity index (χ4v) is 4.90. The van der Waals surface area contributed by atoms with Gasteiger partial charge < -0.3 is 0 Å². The summed E-state index contributed by atoms with van der Waals surface area (Å²) >= 11 is 2.07. The van der Waals surface area contributed by atoms with E-state index in [9.17, 15) is 0 Å². The molecule has 0 N–H and O–H groups in total. The predicted molar refractivity (Wildman–Crippen MR) is 109 cm³/mol. The molecule has 0 atom stereocenters. The van der Waals surface area contributed by atoms with Gasteiger partial charge in [0, 0.05) is 0 Å². The second kappa shape index (κ2) is 7.45. The molecule has 3 aromatic carbocycles. The van der Waals surface area contributed by atoms with Gasteiger partial charge in [0.15, 0.2) is 0 Å². The summed E-state index contributed by atoms with van der Waals surface area (Å²) in [5.41, 5.74) is 6.02. The average molecular weight is 406 g/mol. The van der Waals surface area contributed by atoms with Crippen LogP contribution in [-0.4, -0.2) is 25.7 Å². The summed E-state index contributed by atoms with van der Waals surface area (Å²) in [6.07, 6.45) is 2.10. The van der Waals surface area contributed by atoms with Crippen LogP contribution in [0.1, 0.15) is 0 Å². The summed E-state index contributed by atoms with van der Waals surface area (Å²) < 4.78 is 1.21. The van der Waals surface area contributed by atoms with Crippen molar-refractivity contribution in [2.45, 2.75) is 4.90 Å². The molecular formula is C22H17NSSe. The van der Waals surface area contributed by atoms with Crippen LogP contribution >= 0.6 is 11.8 Å². The number of nitrogens with zero attached hydrogens (tertiary/aromatic N) is 1. The van der Waals surface area contributed by atoms with E-state index in [-0.39, 0.29) is 0 Å². The van der Waals surface area contributed by atoms with Crippen LogP contribution in [-0.2, 0) is 0 Å². The van der Waals surface area contributed by atoms with Crippen LogP contribution in [0.2, 0.25) is 0 Å². The molecule has 0 radical (unpaired) electrons. The van der Waals surface area contributed by atoms with Crippen LogP contribution in [0.5, 0.6) is 0 Å². The maximum atomic E-state index is 4.89. The average Bonchev–Trinajstić information content (AvgIpc) is 3.19. The molecule has 4 aromatic rings. The Morgan fingerprint density at radius 1 is 0.680 bits per heavy atom. The molecule has 0 fully saturated rings. The summed E-state index contributed by atoms with van der Waals surface area (Å²) in [5.74, 6) is 0. The first-order chi connectivity index (χ1) is 12.3. The Kier molecular flexibility index (Phi) is 4.89. The second-order valence-electron chi connectivity index (χ2n) is 5.71. The third kappa shape index (κ3) is 3.64. The van der Waals surface area contributed by atoms with Gasteiger partial charge in [-0.3, -0.25) is 0 Å². The first-order valence-electron chi connectivity index (χ1n) is 8.09. The van der Waals surface area contributed by atoms with E-state index in [0.29, 0.717) is 14.5 Å². The zero-order valence-electron chi connectivity index (χ0n) is 13.8. The third-order valence-corrected chi connectivity index (χ3v) is 6.74. The Hall–Kier alpha value is -2.06. The molecule has 25 heavy (non-hydrogen) atoms. The van der Waals surface area contributed by atoms with Crippen molar-refractivity contribution in [1.29, 1.82) is 0 Å². The van der Waals surface area contributed by atoms with Crippen molar-refractivity contribution >= 4 is 26.3 Å². The van der Waals surface area contributed by atoms with E-state index in [1.54, 1.807) is 11.8 Å². The molecule has 1 heterocycles. The molecule has 3 heteroatoms. The number of hydrogen-bond donors (Lipinski definition) is 0. The molecule has 0 spiro atoms. The molecule has 0 bridgehead atoms. The normalized spacial score (nSPS) is 10.8. The summed E-state index contributed by atoms with van der Waals surface area (Å²) in [6, 6.07) is 27.9. The molecule has 0 aliphatic carbocycles. The van der Waals surface area contributed by atoms with Gasteiger partial charge in [-0.25, -0.2) is 0 Å². The van der Waals surface area contributed by atoms with Gasteiger partial charge in [-0.15, -0.1) is 0 Å². The SMILES string of the molecule is CSc1ccc(-c2nc(-c3ccc(-c4ccccc4)cc3)c[se]2)cc1. The molecule has 1 nitrogen and oxygen atoms in total. The van der Waals surface area contributed by atoms with Crippen molar-refractivity contribution in [1.82, 2.24) is 4.98 Å². The van der Waals surface area contributed by atoms with Gasteiger partial charge in [-0.1, -0.05) is 0 Å². The van der Waals surface area contributed by atoms with Crippen LogP contribution in [0.15, 0.2) is 88.7 Å². The fraction of sp³-hybridized carbons (Fsp3) is 0.0455. The van der Waals surface area contributed by atoms with E-state index in [0.717, 1.165) is 5.69 Å². The summed E-state index contributed by atoms with van der Waals surface area (Å²) in [7, 11) is 0. The number of rotatable bonds is 4. The van der Waals surface area contributed by atoms with Gasteiger partial charge in [0.1, 0.15) is 0 Å². The molecule has 0 unspecified atom stereocenters. The molecule has 4 rings (SSSR count). The fourth-order valence-electron chi connectivity index (χ4n) is 2.74. The molecule has 0 amide bonds. The van der Waals surface area contributed by atoms with Crippen LogP contribution in [0.4, 0.5) is 0 Å². The summed E-state index contributed by atoms with van der Waals surface area (Å²) in [4.78, 5) is 8.46. The Morgan fingerprint density at radius 3 is 1.96 bits per heavy atom. The Labute approximate surface area is 158 Å². The van der Waals surface area contributed by atoms with Crippen molar-refractivity contribution in [3.8, 4) is 32.5 Å². The van der Waals surface area contributed by atoms with Crippen molar-refractivity contribution in [3.05, 3.63) is 83.8 Å². The molecule has 0 aliphatic heterocycles. The van der Waals surface area contributed by atoms with Crippen LogP contribution in [0.25, 0.3) is 32.5 Å². The van der Waals surface area contributed by atoms with Crippen molar-refractivity contribution < 1.29 is 0 Å². The standard InChI is InChI=1S/C22H17NSSe/c1-24-20-13-11-19(12-14-20)22-23-21(15-25-22)18-9-7-17(8-10-18)16-5-3-2-4-6-16/h2-15H,1H3. The van der Waals surface area contributed by atoms with E-state index in [1.165, 1.54) is 31.7 Å². The monoisotopic (exact) mass is 407 g/mol. The molecule has 0 saturated heterocycles. The number of aromatic nitrogens is 1.